The van der Waals surface area contributed by atoms with Crippen molar-refractivity contribution in [2.45, 2.75) is 0 Å². The average molecular weight is 339 g/mol. The third-order valence-corrected chi connectivity index (χ3v) is 4.53. The summed E-state index contributed by atoms with van der Waals surface area (Å²) in [5.74, 6) is 0.456. The third kappa shape index (κ3) is 2.44. The molecular formula is C17H13N3O3S. The lowest BCUT2D eigenvalue weighted by Crippen LogP contribution is -2.19. The molecule has 0 atom stereocenters. The fraction of sp³-hybridized carbons (Fsp3) is 0.0588. The zero-order chi connectivity index (χ0) is 16.7. The van der Waals surface area contributed by atoms with E-state index in [0.29, 0.717) is 16.0 Å². The lowest BCUT2D eigenvalue weighted by Gasteiger charge is -1.92. The van der Waals surface area contributed by atoms with Crippen LogP contribution in [0.5, 0.6) is 11.6 Å². The van der Waals surface area contributed by atoms with Gasteiger partial charge >= 0.3 is 4.87 Å². The molecule has 0 fully saturated rings. The van der Waals surface area contributed by atoms with Gasteiger partial charge in [-0.05, 0) is 18.2 Å². The first-order valence-electron chi connectivity index (χ1n) is 7.20. The number of para-hydroxylation sites is 1. The van der Waals surface area contributed by atoms with Crippen LogP contribution >= 0.6 is 11.3 Å². The van der Waals surface area contributed by atoms with Crippen LogP contribution in [0.4, 0.5) is 0 Å². The molecule has 0 radical (unpaired) electrons. The van der Waals surface area contributed by atoms with Crippen molar-refractivity contribution in [1.82, 2.24) is 9.97 Å². The number of hydrogen-bond donors (Lipinski definition) is 3. The van der Waals surface area contributed by atoms with Crippen molar-refractivity contribution in [1.29, 1.82) is 0 Å². The van der Waals surface area contributed by atoms with Gasteiger partial charge in [0.15, 0.2) is 0 Å². The second-order valence-corrected chi connectivity index (χ2v) is 6.25. The second kappa shape index (κ2) is 5.54. The van der Waals surface area contributed by atoms with Gasteiger partial charge in [-0.1, -0.05) is 29.5 Å². The fourth-order valence-electron chi connectivity index (χ4n) is 2.59. The quantitative estimate of drug-likeness (QED) is 0.590. The van der Waals surface area contributed by atoms with Crippen molar-refractivity contribution < 1.29 is 9.84 Å². The van der Waals surface area contributed by atoms with Crippen molar-refractivity contribution in [2.75, 3.05) is 7.11 Å². The molecule has 24 heavy (non-hydrogen) atoms. The van der Waals surface area contributed by atoms with Gasteiger partial charge in [0, 0.05) is 11.3 Å². The van der Waals surface area contributed by atoms with E-state index in [1.807, 2.05) is 36.4 Å². The highest BCUT2D eigenvalue weighted by atomic mass is 32.1. The smallest absolute Gasteiger partial charge is 0.307 e. The molecule has 4 rings (SSSR count). The Balaban J connectivity index is 1.94. The number of hydrogen-bond acceptors (Lipinski definition) is 5. The van der Waals surface area contributed by atoms with Crippen molar-refractivity contribution in [2.24, 2.45) is 4.99 Å². The zero-order valence-corrected chi connectivity index (χ0v) is 13.5. The van der Waals surface area contributed by atoms with E-state index in [1.165, 1.54) is 0 Å². The number of aromatic hydroxyl groups is 1. The SMILES string of the molecule is COc1c/c(=C2\C=c3ccccc3=N2)[nH]/c1=C\c1sc(=O)[nH]c1O. The van der Waals surface area contributed by atoms with Crippen LogP contribution in [0.15, 0.2) is 40.1 Å². The summed E-state index contributed by atoms with van der Waals surface area (Å²) in [7, 11) is 1.57. The topological polar surface area (TPSA) is 90.5 Å². The van der Waals surface area contributed by atoms with Gasteiger partial charge in [-0.25, -0.2) is 4.99 Å². The lowest BCUT2D eigenvalue weighted by atomic mass is 10.3. The van der Waals surface area contributed by atoms with Crippen molar-refractivity contribution in [3.63, 3.8) is 0 Å². The number of methoxy groups -OCH3 is 1. The highest BCUT2D eigenvalue weighted by molar-refractivity contribution is 7.10. The number of aromatic nitrogens is 2. The van der Waals surface area contributed by atoms with Crippen LogP contribution in [0.3, 0.4) is 0 Å². The van der Waals surface area contributed by atoms with E-state index < -0.39 is 0 Å². The molecule has 3 N–H and O–H groups in total. The molecule has 1 aromatic carbocycles. The summed E-state index contributed by atoms with van der Waals surface area (Å²) in [6.45, 7) is 0. The monoisotopic (exact) mass is 339 g/mol. The van der Waals surface area contributed by atoms with Crippen LogP contribution in [-0.4, -0.2) is 22.2 Å². The molecule has 3 heterocycles. The summed E-state index contributed by atoms with van der Waals surface area (Å²) in [6, 6.07) is 9.73. The summed E-state index contributed by atoms with van der Waals surface area (Å²) >= 11 is 0.929. The number of fused-ring (bicyclic) bond motifs is 1. The zero-order valence-electron chi connectivity index (χ0n) is 12.7. The molecule has 1 aliphatic heterocycles. The fourth-order valence-corrected chi connectivity index (χ4v) is 3.26. The minimum absolute atomic E-state index is 0.152. The highest BCUT2D eigenvalue weighted by Crippen LogP contribution is 2.16. The van der Waals surface area contributed by atoms with Crippen LogP contribution in [0.2, 0.25) is 0 Å². The summed E-state index contributed by atoms with van der Waals surface area (Å²) in [5.41, 5.74) is 0.806. The number of aromatic amines is 2. The molecule has 0 aliphatic carbocycles. The van der Waals surface area contributed by atoms with Crippen LogP contribution < -0.4 is 30.9 Å². The molecule has 0 spiro atoms. The maximum Gasteiger partial charge on any atom is 0.307 e. The molecule has 0 amide bonds. The number of thiazole rings is 1. The first kappa shape index (κ1) is 14.5. The molecule has 120 valence electrons. The Hall–Kier alpha value is -3.06. The van der Waals surface area contributed by atoms with E-state index >= 15 is 0 Å². The Morgan fingerprint density at radius 3 is 2.83 bits per heavy atom. The normalized spacial score (nSPS) is 15.8. The van der Waals surface area contributed by atoms with E-state index in [2.05, 4.69) is 15.0 Å². The van der Waals surface area contributed by atoms with E-state index in [-0.39, 0.29) is 10.8 Å². The van der Waals surface area contributed by atoms with Crippen molar-refractivity contribution in [3.05, 3.63) is 66.2 Å². The number of rotatable bonds is 2. The van der Waals surface area contributed by atoms with E-state index in [0.717, 1.165) is 33.0 Å². The largest absolute Gasteiger partial charge is 0.494 e. The minimum atomic E-state index is -0.312. The van der Waals surface area contributed by atoms with E-state index in [9.17, 15) is 9.90 Å². The van der Waals surface area contributed by atoms with Gasteiger partial charge in [0.1, 0.15) is 5.75 Å². The van der Waals surface area contributed by atoms with Crippen LogP contribution in [-0.2, 0) is 0 Å². The molecule has 3 aromatic rings. The minimum Gasteiger partial charge on any atom is -0.494 e. The Kier molecular flexibility index (Phi) is 3.35. The standard InChI is InChI=1S/C17H13N3O3S/c1-23-14-7-12(11-6-9-4-2-3-5-10(9)18-11)19-13(14)8-15-16(21)20-17(22)24-15/h2-8,19,21H,1H3,(H,20,22)/b12-11-,13-8-. The Morgan fingerprint density at radius 2 is 2.12 bits per heavy atom. The van der Waals surface area contributed by atoms with Gasteiger partial charge in [0.05, 0.1) is 33.7 Å². The molecule has 1 aliphatic rings. The van der Waals surface area contributed by atoms with E-state index in [1.54, 1.807) is 13.2 Å². The van der Waals surface area contributed by atoms with Gasteiger partial charge in [0.25, 0.3) is 0 Å². The van der Waals surface area contributed by atoms with Gasteiger partial charge in [0.2, 0.25) is 5.88 Å². The first-order chi connectivity index (χ1) is 11.6. The Bertz CT molecular complexity index is 1190. The summed E-state index contributed by atoms with van der Waals surface area (Å²) in [6.07, 6.45) is 3.67. The average Bonchev–Trinajstić information content (AvgIpc) is 3.24. The summed E-state index contributed by atoms with van der Waals surface area (Å²) in [5, 5.41) is 13.2. The van der Waals surface area contributed by atoms with Gasteiger partial charge in [-0.3, -0.25) is 9.78 Å². The predicted molar refractivity (Wildman–Crippen MR) is 91.9 cm³/mol. The molecule has 7 heteroatoms. The maximum absolute atomic E-state index is 11.3. The molecule has 0 bridgehead atoms. The molecule has 0 saturated heterocycles. The highest BCUT2D eigenvalue weighted by Gasteiger charge is 2.08. The number of nitrogens with zero attached hydrogens (tertiary/aromatic N) is 1. The Labute approximate surface area is 139 Å². The van der Waals surface area contributed by atoms with Crippen molar-refractivity contribution >= 4 is 29.2 Å². The summed E-state index contributed by atoms with van der Waals surface area (Å²) in [4.78, 5) is 21.6. The molecule has 0 saturated carbocycles. The maximum atomic E-state index is 11.3. The van der Waals surface area contributed by atoms with Crippen LogP contribution in [0, 0.1) is 0 Å². The van der Waals surface area contributed by atoms with E-state index in [4.69, 9.17) is 4.74 Å². The Morgan fingerprint density at radius 1 is 1.29 bits per heavy atom. The van der Waals surface area contributed by atoms with Gasteiger partial charge in [-0.15, -0.1) is 0 Å². The second-order valence-electron chi connectivity index (χ2n) is 5.24. The van der Waals surface area contributed by atoms with Crippen LogP contribution in [0.1, 0.15) is 4.88 Å². The number of benzene rings is 1. The summed E-state index contributed by atoms with van der Waals surface area (Å²) < 4.78 is 5.38. The van der Waals surface area contributed by atoms with Gasteiger partial charge in [-0.2, -0.15) is 0 Å². The van der Waals surface area contributed by atoms with Crippen LogP contribution in [0.25, 0.3) is 17.8 Å². The molecule has 6 nitrogen and oxygen atoms in total. The molecule has 2 aromatic heterocycles. The van der Waals surface area contributed by atoms with Gasteiger partial charge < -0.3 is 14.8 Å². The molecular weight excluding hydrogens is 326 g/mol. The number of H-pyrrole nitrogens is 2. The lowest BCUT2D eigenvalue weighted by molar-refractivity contribution is 0.412. The number of nitrogens with one attached hydrogen (secondary N) is 2. The number of ether oxygens (including phenoxy) is 1. The third-order valence-electron chi connectivity index (χ3n) is 3.71. The predicted octanol–water partition coefficient (Wildman–Crippen LogP) is -0.470. The molecule has 0 unspecified atom stereocenters. The first-order valence-corrected chi connectivity index (χ1v) is 8.02. The van der Waals surface area contributed by atoms with Crippen molar-refractivity contribution in [3.8, 4) is 11.6 Å².